The number of hydrogen-bond acceptors (Lipinski definition) is 7. The number of nitrogens with zero attached hydrogens (tertiary/aromatic N) is 2. The van der Waals surface area contributed by atoms with E-state index in [1.165, 1.54) is 6.21 Å². The van der Waals surface area contributed by atoms with Crippen LogP contribution in [0.3, 0.4) is 0 Å². The Balaban J connectivity index is 1.69. The van der Waals surface area contributed by atoms with Crippen molar-refractivity contribution in [1.82, 2.24) is 5.32 Å². The van der Waals surface area contributed by atoms with Gasteiger partial charge in [-0.3, -0.25) is 9.59 Å². The fourth-order valence-corrected chi connectivity index (χ4v) is 3.33. The number of esters is 1. The molecule has 1 atom stereocenters. The van der Waals surface area contributed by atoms with Crippen LogP contribution < -0.4 is 10.1 Å². The van der Waals surface area contributed by atoms with Crippen LogP contribution in [0.25, 0.3) is 0 Å². The molecule has 1 amide bonds. The molecule has 0 radical (unpaired) electrons. The van der Waals surface area contributed by atoms with Gasteiger partial charge < -0.3 is 15.2 Å². The molecule has 3 rings (SSSR count). The fraction of sp³-hybridized carbons (Fsp3) is 0.150. The molecule has 148 valence electrons. The Morgan fingerprint density at radius 3 is 2.66 bits per heavy atom. The van der Waals surface area contributed by atoms with Crippen LogP contribution in [-0.4, -0.2) is 39.6 Å². The van der Waals surface area contributed by atoms with Gasteiger partial charge in [-0.2, -0.15) is 5.10 Å². The van der Waals surface area contributed by atoms with Gasteiger partial charge in [0.2, 0.25) is 5.91 Å². The van der Waals surface area contributed by atoms with Gasteiger partial charge in [0.25, 0.3) is 0 Å². The molecule has 29 heavy (non-hydrogen) atoms. The molecule has 1 saturated heterocycles. The summed E-state index contributed by atoms with van der Waals surface area (Å²) in [5, 5.41) is 18.6. The van der Waals surface area contributed by atoms with E-state index in [9.17, 15) is 14.4 Å². The normalized spacial score (nSPS) is 17.5. The minimum absolute atomic E-state index is 0.214. The maximum atomic E-state index is 12.3. The molecule has 0 bridgehead atoms. The summed E-state index contributed by atoms with van der Waals surface area (Å²) >= 11 is 1.00. The van der Waals surface area contributed by atoms with E-state index < -0.39 is 23.1 Å². The van der Waals surface area contributed by atoms with Crippen LogP contribution in [0.1, 0.15) is 27.9 Å². The van der Waals surface area contributed by atoms with E-state index in [0.29, 0.717) is 16.9 Å². The lowest BCUT2D eigenvalue weighted by Gasteiger charge is -2.07. The molecule has 1 heterocycles. The molecular formula is C20H17N3O5S. The summed E-state index contributed by atoms with van der Waals surface area (Å²) in [7, 11) is 0. The molecule has 2 aromatic carbocycles. The zero-order valence-corrected chi connectivity index (χ0v) is 16.2. The number of amides is 1. The topological polar surface area (TPSA) is 117 Å². The van der Waals surface area contributed by atoms with Gasteiger partial charge in [-0.05, 0) is 31.2 Å². The highest BCUT2D eigenvalue weighted by atomic mass is 32.2. The van der Waals surface area contributed by atoms with Crippen LogP contribution in [0.15, 0.2) is 58.7 Å². The second kappa shape index (κ2) is 9.16. The summed E-state index contributed by atoms with van der Waals surface area (Å²) in [6.07, 6.45) is 1.10. The number of carbonyl (C=O) groups excluding carboxylic acids is 2. The number of carboxylic acid groups (broad SMARTS) is 1. The van der Waals surface area contributed by atoms with Crippen molar-refractivity contribution in [2.75, 3.05) is 0 Å². The summed E-state index contributed by atoms with van der Waals surface area (Å²) in [5.74, 6) is -1.66. The number of carbonyl (C=O) groups is 3. The monoisotopic (exact) mass is 411 g/mol. The number of nitrogens with one attached hydrogen (secondary N) is 1. The summed E-state index contributed by atoms with van der Waals surface area (Å²) in [6, 6.07) is 13.8. The quantitative estimate of drug-likeness (QED) is 0.327. The second-order valence-electron chi connectivity index (χ2n) is 6.14. The molecule has 9 heteroatoms. The lowest BCUT2D eigenvalue weighted by Crippen LogP contribution is -2.26. The first-order valence-corrected chi connectivity index (χ1v) is 9.48. The van der Waals surface area contributed by atoms with Gasteiger partial charge in [0.05, 0.1) is 18.2 Å². The molecule has 0 spiro atoms. The number of rotatable bonds is 6. The van der Waals surface area contributed by atoms with Crippen molar-refractivity contribution in [2.45, 2.75) is 18.6 Å². The third-order valence-electron chi connectivity index (χ3n) is 3.89. The predicted molar refractivity (Wildman–Crippen MR) is 109 cm³/mol. The Hall–Kier alpha value is -3.46. The largest absolute Gasteiger partial charge is 0.481 e. The highest BCUT2D eigenvalue weighted by Crippen LogP contribution is 2.22. The number of amidine groups is 1. The minimum atomic E-state index is -1.06. The second-order valence-corrected chi connectivity index (χ2v) is 7.33. The summed E-state index contributed by atoms with van der Waals surface area (Å²) < 4.78 is 5.45. The lowest BCUT2D eigenvalue weighted by atomic mass is 10.1. The van der Waals surface area contributed by atoms with E-state index in [-0.39, 0.29) is 11.6 Å². The van der Waals surface area contributed by atoms with Gasteiger partial charge >= 0.3 is 11.9 Å². The summed E-state index contributed by atoms with van der Waals surface area (Å²) in [4.78, 5) is 34.8. The zero-order chi connectivity index (χ0) is 20.8. The van der Waals surface area contributed by atoms with Crippen LogP contribution in [0, 0.1) is 6.92 Å². The smallest absolute Gasteiger partial charge is 0.343 e. The average Bonchev–Trinajstić information content (AvgIpc) is 3.02. The molecule has 0 aromatic heterocycles. The molecule has 1 unspecified atom stereocenters. The van der Waals surface area contributed by atoms with Crippen LogP contribution in [0.2, 0.25) is 0 Å². The number of para-hydroxylation sites is 1. The Bertz CT molecular complexity index is 1000. The summed E-state index contributed by atoms with van der Waals surface area (Å²) in [5.41, 5.74) is 1.99. The van der Waals surface area contributed by atoms with Crippen molar-refractivity contribution in [3.8, 4) is 5.75 Å². The first-order chi connectivity index (χ1) is 13.9. The van der Waals surface area contributed by atoms with Crippen molar-refractivity contribution < 1.29 is 24.2 Å². The SMILES string of the molecule is Cc1ccc(C(=O)Oc2ccccc2/C=N/N=C2\NC(=O)C(CC(=O)O)S2)cc1. The number of hydrogen-bond donors (Lipinski definition) is 2. The fourth-order valence-electron chi connectivity index (χ4n) is 2.42. The Morgan fingerprint density at radius 2 is 1.93 bits per heavy atom. The van der Waals surface area contributed by atoms with E-state index in [2.05, 4.69) is 15.5 Å². The van der Waals surface area contributed by atoms with E-state index in [1.54, 1.807) is 36.4 Å². The molecule has 1 aliphatic rings. The van der Waals surface area contributed by atoms with Crippen molar-refractivity contribution in [1.29, 1.82) is 0 Å². The van der Waals surface area contributed by atoms with Gasteiger partial charge in [-0.15, -0.1) is 5.10 Å². The van der Waals surface area contributed by atoms with E-state index >= 15 is 0 Å². The first-order valence-electron chi connectivity index (χ1n) is 8.60. The number of aryl methyl sites for hydroxylation is 1. The maximum absolute atomic E-state index is 12.3. The highest BCUT2D eigenvalue weighted by molar-refractivity contribution is 8.15. The lowest BCUT2D eigenvalue weighted by molar-refractivity contribution is -0.138. The van der Waals surface area contributed by atoms with Gasteiger partial charge in [0, 0.05) is 5.56 Å². The predicted octanol–water partition coefficient (Wildman–Crippen LogP) is 2.61. The Morgan fingerprint density at radius 1 is 1.21 bits per heavy atom. The summed E-state index contributed by atoms with van der Waals surface area (Å²) in [6.45, 7) is 1.93. The molecular weight excluding hydrogens is 394 g/mol. The number of ether oxygens (including phenoxy) is 1. The maximum Gasteiger partial charge on any atom is 0.343 e. The van der Waals surface area contributed by atoms with Crippen LogP contribution >= 0.6 is 11.8 Å². The molecule has 2 N–H and O–H groups in total. The molecule has 1 fully saturated rings. The number of aliphatic carboxylic acids is 1. The Labute approximate surface area is 170 Å². The third-order valence-corrected chi connectivity index (χ3v) is 4.96. The van der Waals surface area contributed by atoms with Crippen LogP contribution in [-0.2, 0) is 9.59 Å². The minimum Gasteiger partial charge on any atom is -0.481 e. The number of thioether (sulfide) groups is 1. The van der Waals surface area contributed by atoms with Crippen LogP contribution in [0.5, 0.6) is 5.75 Å². The molecule has 8 nitrogen and oxygen atoms in total. The first kappa shape index (κ1) is 20.3. The van der Waals surface area contributed by atoms with Crippen molar-refractivity contribution in [3.63, 3.8) is 0 Å². The number of benzene rings is 2. The molecule has 1 aliphatic heterocycles. The number of carboxylic acids is 1. The standard InChI is InChI=1S/C20H17N3O5S/c1-12-6-8-13(9-7-12)19(27)28-15-5-3-2-4-14(15)11-21-23-20-22-18(26)16(29-20)10-17(24)25/h2-9,11,16H,10H2,1H3,(H,24,25)(H,22,23,26)/b21-11+. The van der Waals surface area contributed by atoms with Crippen molar-refractivity contribution in [2.24, 2.45) is 10.2 Å². The van der Waals surface area contributed by atoms with Gasteiger partial charge in [-0.25, -0.2) is 4.79 Å². The van der Waals surface area contributed by atoms with Crippen LogP contribution in [0.4, 0.5) is 0 Å². The molecule has 0 aliphatic carbocycles. The van der Waals surface area contributed by atoms with Crippen molar-refractivity contribution >= 4 is 41.0 Å². The highest BCUT2D eigenvalue weighted by Gasteiger charge is 2.32. The van der Waals surface area contributed by atoms with Gasteiger partial charge in [-0.1, -0.05) is 41.6 Å². The Kier molecular flexibility index (Phi) is 6.40. The molecule has 2 aromatic rings. The third kappa shape index (κ3) is 5.52. The van der Waals surface area contributed by atoms with E-state index in [0.717, 1.165) is 17.3 Å². The molecule has 0 saturated carbocycles. The van der Waals surface area contributed by atoms with Gasteiger partial charge in [0.15, 0.2) is 5.17 Å². The van der Waals surface area contributed by atoms with E-state index in [4.69, 9.17) is 9.84 Å². The zero-order valence-electron chi connectivity index (χ0n) is 15.4. The van der Waals surface area contributed by atoms with Crippen molar-refractivity contribution in [3.05, 3.63) is 65.2 Å². The average molecular weight is 411 g/mol. The van der Waals surface area contributed by atoms with Gasteiger partial charge in [0.1, 0.15) is 11.0 Å². The van der Waals surface area contributed by atoms with E-state index in [1.807, 2.05) is 19.1 Å².